The second-order valence-electron chi connectivity index (χ2n) is 3.15. The summed E-state index contributed by atoms with van der Waals surface area (Å²) in [5.74, 6) is -1.65. The average molecular weight is 224 g/mol. The highest BCUT2D eigenvalue weighted by atomic mass is 16.9. The van der Waals surface area contributed by atoms with E-state index in [4.69, 9.17) is 14.2 Å². The Kier molecular flexibility index (Phi) is 6.26. The van der Waals surface area contributed by atoms with Gasteiger partial charge in [0.05, 0.1) is 19.8 Å². The van der Waals surface area contributed by atoms with Crippen LogP contribution in [0.1, 0.15) is 6.92 Å². The minimum absolute atomic E-state index is 0.253. The van der Waals surface area contributed by atoms with Crippen molar-refractivity contribution in [2.45, 2.75) is 12.9 Å². The fourth-order valence-electron chi connectivity index (χ4n) is 1.42. The molecule has 0 radical (unpaired) electrons. The Hall–Kier alpha value is -0.240. The SMILES string of the molecule is CCOC(OC)(OC)C(CO)(CO)CO. The summed E-state index contributed by atoms with van der Waals surface area (Å²) in [5.41, 5.74) is -1.41. The summed E-state index contributed by atoms with van der Waals surface area (Å²) in [6.07, 6.45) is 0. The lowest BCUT2D eigenvalue weighted by molar-refractivity contribution is -0.425. The van der Waals surface area contributed by atoms with Gasteiger partial charge in [-0.05, 0) is 6.92 Å². The van der Waals surface area contributed by atoms with Crippen molar-refractivity contribution >= 4 is 0 Å². The van der Waals surface area contributed by atoms with Gasteiger partial charge in [-0.3, -0.25) is 0 Å². The summed E-state index contributed by atoms with van der Waals surface area (Å²) >= 11 is 0. The third-order valence-electron chi connectivity index (χ3n) is 2.43. The molecule has 92 valence electrons. The maximum absolute atomic E-state index is 9.24. The number of aliphatic hydroxyl groups is 3. The van der Waals surface area contributed by atoms with E-state index in [1.165, 1.54) is 14.2 Å². The van der Waals surface area contributed by atoms with Gasteiger partial charge in [0.2, 0.25) is 0 Å². The monoisotopic (exact) mass is 224 g/mol. The molecule has 0 fully saturated rings. The minimum atomic E-state index is -1.65. The first-order valence-electron chi connectivity index (χ1n) is 4.68. The van der Waals surface area contributed by atoms with Gasteiger partial charge in [0.15, 0.2) is 0 Å². The largest absolute Gasteiger partial charge is 0.395 e. The van der Waals surface area contributed by atoms with Gasteiger partial charge in [0.1, 0.15) is 5.41 Å². The van der Waals surface area contributed by atoms with Gasteiger partial charge in [-0.15, -0.1) is 0 Å². The van der Waals surface area contributed by atoms with Crippen LogP contribution in [0, 0.1) is 5.41 Å². The number of ether oxygens (including phenoxy) is 3. The van der Waals surface area contributed by atoms with Crippen LogP contribution in [0.5, 0.6) is 0 Å². The van der Waals surface area contributed by atoms with Gasteiger partial charge in [-0.1, -0.05) is 0 Å². The van der Waals surface area contributed by atoms with E-state index in [-0.39, 0.29) is 6.61 Å². The quantitative estimate of drug-likeness (QED) is 0.455. The van der Waals surface area contributed by atoms with Gasteiger partial charge in [0, 0.05) is 20.8 Å². The molecule has 0 aliphatic carbocycles. The van der Waals surface area contributed by atoms with E-state index in [9.17, 15) is 15.3 Å². The predicted molar refractivity (Wildman–Crippen MR) is 52.1 cm³/mol. The van der Waals surface area contributed by atoms with Crippen LogP contribution in [-0.2, 0) is 14.2 Å². The number of hydrogen-bond acceptors (Lipinski definition) is 6. The maximum Gasteiger partial charge on any atom is 0.295 e. The van der Waals surface area contributed by atoms with E-state index in [1.54, 1.807) is 6.92 Å². The number of aliphatic hydroxyl groups excluding tert-OH is 3. The van der Waals surface area contributed by atoms with Gasteiger partial charge in [-0.2, -0.15) is 0 Å². The van der Waals surface area contributed by atoms with Crippen molar-refractivity contribution in [1.82, 2.24) is 0 Å². The normalized spacial score (nSPS) is 13.2. The first-order chi connectivity index (χ1) is 7.11. The molecule has 0 unspecified atom stereocenters. The summed E-state index contributed by atoms with van der Waals surface area (Å²) in [5, 5.41) is 27.7. The highest BCUT2D eigenvalue weighted by Crippen LogP contribution is 2.35. The highest BCUT2D eigenvalue weighted by Gasteiger charge is 2.54. The standard InChI is InChI=1S/C9H20O6/c1-4-15-9(13-2,14-3)8(5-10,6-11)7-12/h10-12H,4-7H2,1-3H3. The fraction of sp³-hybridized carbons (Fsp3) is 1.00. The van der Waals surface area contributed by atoms with E-state index >= 15 is 0 Å². The molecule has 0 saturated heterocycles. The van der Waals surface area contributed by atoms with Crippen molar-refractivity contribution in [2.75, 3.05) is 40.6 Å². The van der Waals surface area contributed by atoms with E-state index in [1.807, 2.05) is 0 Å². The Balaban J connectivity index is 5.13. The molecule has 0 aliphatic rings. The van der Waals surface area contributed by atoms with Crippen LogP contribution < -0.4 is 0 Å². The number of hydrogen-bond donors (Lipinski definition) is 3. The van der Waals surface area contributed by atoms with E-state index in [0.29, 0.717) is 0 Å². The van der Waals surface area contributed by atoms with Crippen molar-refractivity contribution < 1.29 is 29.5 Å². The molecule has 0 aromatic carbocycles. The van der Waals surface area contributed by atoms with Crippen LogP contribution in [-0.4, -0.2) is 61.9 Å². The van der Waals surface area contributed by atoms with Crippen LogP contribution in [0.2, 0.25) is 0 Å². The fourth-order valence-corrected chi connectivity index (χ4v) is 1.42. The van der Waals surface area contributed by atoms with Crippen molar-refractivity contribution in [3.05, 3.63) is 0 Å². The summed E-state index contributed by atoms with van der Waals surface area (Å²) in [6.45, 7) is 0.387. The molecule has 0 aromatic heterocycles. The van der Waals surface area contributed by atoms with E-state index in [0.717, 1.165) is 0 Å². The summed E-state index contributed by atoms with van der Waals surface area (Å²) in [4.78, 5) is 0. The van der Waals surface area contributed by atoms with Crippen LogP contribution >= 0.6 is 0 Å². The molecule has 0 atom stereocenters. The van der Waals surface area contributed by atoms with Crippen LogP contribution in [0.25, 0.3) is 0 Å². The molecule has 0 rings (SSSR count). The Morgan fingerprint density at radius 2 is 1.33 bits per heavy atom. The molecule has 0 spiro atoms. The van der Waals surface area contributed by atoms with Crippen LogP contribution in [0.4, 0.5) is 0 Å². The first-order valence-corrected chi connectivity index (χ1v) is 4.68. The van der Waals surface area contributed by atoms with Crippen molar-refractivity contribution in [3.63, 3.8) is 0 Å². The smallest absolute Gasteiger partial charge is 0.295 e. The summed E-state index contributed by atoms with van der Waals surface area (Å²) in [6, 6.07) is 0. The summed E-state index contributed by atoms with van der Waals surface area (Å²) in [7, 11) is 2.63. The number of methoxy groups -OCH3 is 2. The minimum Gasteiger partial charge on any atom is -0.395 e. The maximum atomic E-state index is 9.24. The molecule has 0 aliphatic heterocycles. The van der Waals surface area contributed by atoms with Gasteiger partial charge in [0.25, 0.3) is 5.97 Å². The molecule has 3 N–H and O–H groups in total. The molecule has 6 heteroatoms. The lowest BCUT2D eigenvalue weighted by atomic mass is 9.87. The molecular formula is C9H20O6. The predicted octanol–water partition coefficient (Wildman–Crippen LogP) is -1.07. The lowest BCUT2D eigenvalue weighted by Gasteiger charge is -2.43. The zero-order chi connectivity index (χ0) is 11.9. The second-order valence-corrected chi connectivity index (χ2v) is 3.15. The van der Waals surface area contributed by atoms with E-state index < -0.39 is 31.2 Å². The van der Waals surface area contributed by atoms with Crippen molar-refractivity contribution in [3.8, 4) is 0 Å². The highest BCUT2D eigenvalue weighted by molar-refractivity contribution is 4.87. The zero-order valence-electron chi connectivity index (χ0n) is 9.39. The van der Waals surface area contributed by atoms with Crippen LogP contribution in [0.15, 0.2) is 0 Å². The molecule has 6 nitrogen and oxygen atoms in total. The Bertz CT molecular complexity index is 156. The molecule has 0 aromatic rings. The average Bonchev–Trinajstić information content (AvgIpc) is 2.30. The number of rotatable bonds is 8. The summed E-state index contributed by atoms with van der Waals surface area (Å²) < 4.78 is 15.3. The van der Waals surface area contributed by atoms with Gasteiger partial charge < -0.3 is 29.5 Å². The van der Waals surface area contributed by atoms with Crippen molar-refractivity contribution in [1.29, 1.82) is 0 Å². The Labute approximate surface area is 89.4 Å². The molecule has 0 bridgehead atoms. The van der Waals surface area contributed by atoms with Crippen molar-refractivity contribution in [2.24, 2.45) is 5.41 Å². The molecule has 0 heterocycles. The zero-order valence-corrected chi connectivity index (χ0v) is 9.39. The molecule has 0 amide bonds. The molecule has 0 saturated carbocycles. The van der Waals surface area contributed by atoms with E-state index in [2.05, 4.69) is 0 Å². The molecular weight excluding hydrogens is 204 g/mol. The molecule has 15 heavy (non-hydrogen) atoms. The lowest BCUT2D eigenvalue weighted by Crippen LogP contribution is -2.59. The first kappa shape index (κ1) is 14.8. The van der Waals surface area contributed by atoms with Gasteiger partial charge >= 0.3 is 0 Å². The topological polar surface area (TPSA) is 88.4 Å². The van der Waals surface area contributed by atoms with Gasteiger partial charge in [-0.25, -0.2) is 0 Å². The third kappa shape index (κ3) is 2.47. The second kappa shape index (κ2) is 6.37. The third-order valence-corrected chi connectivity index (χ3v) is 2.43. The Morgan fingerprint density at radius 3 is 1.53 bits per heavy atom. The Morgan fingerprint density at radius 1 is 0.933 bits per heavy atom. The van der Waals surface area contributed by atoms with Crippen LogP contribution in [0.3, 0.4) is 0 Å².